The maximum atomic E-state index is 11.2. The molecule has 20 heavy (non-hydrogen) atoms. The van der Waals surface area contributed by atoms with Gasteiger partial charge in [0.2, 0.25) is 5.91 Å². The molecule has 1 aliphatic carbocycles. The highest BCUT2D eigenvalue weighted by Gasteiger charge is 2.28. The largest absolute Gasteiger partial charge is 0.382 e. The van der Waals surface area contributed by atoms with Crippen LogP contribution in [0, 0.1) is 9.62 Å². The first-order valence-electron chi connectivity index (χ1n) is 6.65. The Morgan fingerprint density at radius 3 is 2.70 bits per heavy atom. The molecule has 1 aliphatic rings. The SMILES string of the molecule is NC(=O)C1CCC(c2nc(I)c3c(N)nccn23)CC1. The summed E-state index contributed by atoms with van der Waals surface area (Å²) in [7, 11) is 0. The summed E-state index contributed by atoms with van der Waals surface area (Å²) in [6.45, 7) is 0. The van der Waals surface area contributed by atoms with Gasteiger partial charge < -0.3 is 11.5 Å². The second kappa shape index (κ2) is 5.19. The van der Waals surface area contributed by atoms with E-state index in [1.165, 1.54) is 0 Å². The zero-order chi connectivity index (χ0) is 14.3. The van der Waals surface area contributed by atoms with Crippen LogP contribution in [0.25, 0.3) is 5.52 Å². The van der Waals surface area contributed by atoms with Crippen LogP contribution in [0.5, 0.6) is 0 Å². The Kier molecular flexibility index (Phi) is 3.53. The van der Waals surface area contributed by atoms with Crippen LogP contribution in [-0.2, 0) is 4.79 Å². The number of nitrogens with two attached hydrogens (primary N) is 2. The van der Waals surface area contributed by atoms with Gasteiger partial charge in [-0.1, -0.05) is 0 Å². The van der Waals surface area contributed by atoms with Crippen molar-refractivity contribution in [2.75, 3.05) is 5.73 Å². The number of amides is 1. The highest BCUT2D eigenvalue weighted by molar-refractivity contribution is 14.1. The highest BCUT2D eigenvalue weighted by atomic mass is 127. The molecule has 4 N–H and O–H groups in total. The fourth-order valence-corrected chi connectivity index (χ4v) is 3.75. The summed E-state index contributed by atoms with van der Waals surface area (Å²) in [6, 6.07) is 0. The first-order chi connectivity index (χ1) is 9.58. The van der Waals surface area contributed by atoms with Crippen molar-refractivity contribution < 1.29 is 4.79 Å². The molecule has 2 aromatic rings. The number of carbonyl (C=O) groups is 1. The van der Waals surface area contributed by atoms with Crippen LogP contribution in [0.2, 0.25) is 0 Å². The molecule has 106 valence electrons. The molecule has 1 fully saturated rings. The van der Waals surface area contributed by atoms with Crippen molar-refractivity contribution >= 4 is 39.8 Å². The molecule has 0 aliphatic heterocycles. The van der Waals surface area contributed by atoms with Crippen LogP contribution in [0.4, 0.5) is 5.82 Å². The third-order valence-electron chi connectivity index (χ3n) is 4.06. The molecule has 6 nitrogen and oxygen atoms in total. The zero-order valence-corrected chi connectivity index (χ0v) is 13.1. The Balaban J connectivity index is 1.92. The first-order valence-corrected chi connectivity index (χ1v) is 7.73. The summed E-state index contributed by atoms with van der Waals surface area (Å²) in [5.41, 5.74) is 12.2. The van der Waals surface area contributed by atoms with E-state index < -0.39 is 0 Å². The number of hydrogen-bond acceptors (Lipinski definition) is 4. The van der Waals surface area contributed by atoms with Crippen molar-refractivity contribution in [3.8, 4) is 0 Å². The predicted molar refractivity (Wildman–Crippen MR) is 84.0 cm³/mol. The molecule has 2 aromatic heterocycles. The quantitative estimate of drug-likeness (QED) is 0.769. The van der Waals surface area contributed by atoms with E-state index in [-0.39, 0.29) is 11.8 Å². The standard InChI is InChI=1S/C13H16IN5O/c14-10-9-11(15)17-5-6-19(9)13(18-10)8-3-1-7(2-4-8)12(16)20/h5-8H,1-4H2,(H2,15,17)(H2,16,20). The van der Waals surface area contributed by atoms with Crippen LogP contribution in [-0.4, -0.2) is 20.3 Å². The number of carbonyl (C=O) groups excluding carboxylic acids is 1. The van der Waals surface area contributed by atoms with Crippen molar-refractivity contribution in [3.63, 3.8) is 0 Å². The number of anilines is 1. The van der Waals surface area contributed by atoms with Gasteiger partial charge in [-0.25, -0.2) is 9.97 Å². The molecule has 0 saturated heterocycles. The van der Waals surface area contributed by atoms with Crippen LogP contribution < -0.4 is 11.5 Å². The molecular weight excluding hydrogens is 369 g/mol. The Hall–Kier alpha value is -1.38. The number of rotatable bonds is 2. The Bertz CT molecular complexity index is 660. The molecular formula is C13H16IN5O. The highest BCUT2D eigenvalue weighted by Crippen LogP contribution is 2.36. The molecule has 0 radical (unpaired) electrons. The van der Waals surface area contributed by atoms with Gasteiger partial charge in [0, 0.05) is 24.2 Å². The molecule has 7 heteroatoms. The van der Waals surface area contributed by atoms with Gasteiger partial charge in [-0.15, -0.1) is 0 Å². The Labute approximate surface area is 130 Å². The van der Waals surface area contributed by atoms with Gasteiger partial charge in [0.25, 0.3) is 0 Å². The minimum Gasteiger partial charge on any atom is -0.382 e. The summed E-state index contributed by atoms with van der Waals surface area (Å²) in [5, 5.41) is 0. The molecule has 1 amide bonds. The molecule has 0 unspecified atom stereocenters. The number of aromatic nitrogens is 3. The summed E-state index contributed by atoms with van der Waals surface area (Å²) < 4.78 is 2.90. The average Bonchev–Trinajstić information content (AvgIpc) is 2.77. The van der Waals surface area contributed by atoms with E-state index in [0.29, 0.717) is 11.7 Å². The number of nitrogen functional groups attached to an aromatic ring is 1. The molecule has 3 rings (SSSR count). The lowest BCUT2D eigenvalue weighted by Gasteiger charge is -2.25. The maximum Gasteiger partial charge on any atom is 0.220 e. The van der Waals surface area contributed by atoms with Crippen molar-refractivity contribution in [2.24, 2.45) is 11.7 Å². The number of nitrogens with zero attached hydrogens (tertiary/aromatic N) is 3. The maximum absolute atomic E-state index is 11.2. The summed E-state index contributed by atoms with van der Waals surface area (Å²) in [6.07, 6.45) is 7.14. The van der Waals surface area contributed by atoms with E-state index in [0.717, 1.165) is 40.7 Å². The lowest BCUT2D eigenvalue weighted by atomic mass is 9.81. The second-order valence-electron chi connectivity index (χ2n) is 5.24. The fourth-order valence-electron chi connectivity index (χ4n) is 2.97. The van der Waals surface area contributed by atoms with Gasteiger partial charge in [-0.3, -0.25) is 9.20 Å². The van der Waals surface area contributed by atoms with E-state index in [4.69, 9.17) is 11.5 Å². The van der Waals surface area contributed by atoms with Gasteiger partial charge in [-0.05, 0) is 48.3 Å². The molecule has 1 saturated carbocycles. The van der Waals surface area contributed by atoms with Crippen LogP contribution in [0.15, 0.2) is 12.4 Å². The lowest BCUT2D eigenvalue weighted by molar-refractivity contribution is -0.122. The van der Waals surface area contributed by atoms with Crippen LogP contribution in [0.3, 0.4) is 0 Å². The monoisotopic (exact) mass is 385 g/mol. The normalized spacial score (nSPS) is 23.1. The topological polar surface area (TPSA) is 99.3 Å². The van der Waals surface area contributed by atoms with E-state index >= 15 is 0 Å². The third kappa shape index (κ3) is 2.23. The predicted octanol–water partition coefficient (Wildman–Crippen LogP) is 1.68. The summed E-state index contributed by atoms with van der Waals surface area (Å²) in [5.74, 6) is 1.70. The number of imidazole rings is 1. The minimum absolute atomic E-state index is 0.0169. The van der Waals surface area contributed by atoms with Crippen LogP contribution >= 0.6 is 22.6 Å². The number of halogens is 1. The number of primary amides is 1. The van der Waals surface area contributed by atoms with Gasteiger partial charge in [0.1, 0.15) is 15.0 Å². The zero-order valence-electron chi connectivity index (χ0n) is 10.9. The first kappa shape index (κ1) is 13.6. The van der Waals surface area contributed by atoms with Crippen molar-refractivity contribution in [1.82, 2.24) is 14.4 Å². The molecule has 0 aromatic carbocycles. The van der Waals surface area contributed by atoms with Crippen molar-refractivity contribution in [2.45, 2.75) is 31.6 Å². The van der Waals surface area contributed by atoms with Crippen molar-refractivity contribution in [1.29, 1.82) is 0 Å². The molecule has 0 atom stereocenters. The number of fused-ring (bicyclic) bond motifs is 1. The summed E-state index contributed by atoms with van der Waals surface area (Å²) in [4.78, 5) is 20.0. The smallest absolute Gasteiger partial charge is 0.220 e. The number of hydrogen-bond donors (Lipinski definition) is 2. The minimum atomic E-state index is -0.181. The van der Waals surface area contributed by atoms with Crippen LogP contribution in [0.1, 0.15) is 37.4 Å². The van der Waals surface area contributed by atoms with E-state index in [1.807, 2.05) is 10.6 Å². The van der Waals surface area contributed by atoms with E-state index in [1.54, 1.807) is 6.20 Å². The lowest BCUT2D eigenvalue weighted by Crippen LogP contribution is -2.27. The third-order valence-corrected chi connectivity index (χ3v) is 4.81. The van der Waals surface area contributed by atoms with Crippen molar-refractivity contribution in [3.05, 3.63) is 21.9 Å². The molecule has 0 spiro atoms. The fraction of sp³-hybridized carbons (Fsp3) is 0.462. The van der Waals surface area contributed by atoms with Gasteiger partial charge in [0.15, 0.2) is 5.82 Å². The van der Waals surface area contributed by atoms with Gasteiger partial charge in [0.05, 0.1) is 0 Å². The van der Waals surface area contributed by atoms with Gasteiger partial charge in [-0.2, -0.15) is 0 Å². The Morgan fingerprint density at radius 1 is 1.35 bits per heavy atom. The average molecular weight is 385 g/mol. The van der Waals surface area contributed by atoms with E-state index in [2.05, 4.69) is 32.6 Å². The molecule has 0 bridgehead atoms. The summed E-state index contributed by atoms with van der Waals surface area (Å²) >= 11 is 2.19. The Morgan fingerprint density at radius 2 is 2.05 bits per heavy atom. The van der Waals surface area contributed by atoms with Gasteiger partial charge >= 0.3 is 0 Å². The second-order valence-corrected chi connectivity index (χ2v) is 6.26. The van der Waals surface area contributed by atoms with E-state index in [9.17, 15) is 4.79 Å². The molecule has 2 heterocycles.